The predicted molar refractivity (Wildman–Crippen MR) is 99.3 cm³/mol. The second-order valence-corrected chi connectivity index (χ2v) is 5.34. The first-order valence-electron chi connectivity index (χ1n) is 6.48. The molecular weight excluding hydrogens is 375 g/mol. The predicted octanol–water partition coefficient (Wildman–Crippen LogP) is 4.00. The summed E-state index contributed by atoms with van der Waals surface area (Å²) >= 11 is 2.18. The third-order valence-electron chi connectivity index (χ3n) is 2.84. The van der Waals surface area contributed by atoms with E-state index in [0.717, 1.165) is 16.9 Å². The third-order valence-corrected chi connectivity index (χ3v) is 3.20. The van der Waals surface area contributed by atoms with Gasteiger partial charge in [-0.2, -0.15) is 5.10 Å². The van der Waals surface area contributed by atoms with Gasteiger partial charge in [-0.25, -0.2) is 4.98 Å². The molecule has 4 nitrogen and oxygen atoms in total. The Hall–Kier alpha value is -1.89. The summed E-state index contributed by atoms with van der Waals surface area (Å²) in [5.41, 5.74) is 6.20. The number of nitrogens with zero attached hydrogens (tertiary/aromatic N) is 3. The summed E-state index contributed by atoms with van der Waals surface area (Å²) in [5.74, 6) is 0.724. The van der Waals surface area contributed by atoms with Crippen LogP contribution in [-0.4, -0.2) is 25.3 Å². The minimum atomic E-state index is 0.724. The first-order valence-corrected chi connectivity index (χ1v) is 7.73. The van der Waals surface area contributed by atoms with Crippen molar-refractivity contribution in [2.45, 2.75) is 0 Å². The van der Waals surface area contributed by atoms with E-state index in [2.05, 4.69) is 55.1 Å². The fourth-order valence-corrected chi connectivity index (χ4v) is 2.09. The Kier molecular flexibility index (Phi) is 5.74. The van der Waals surface area contributed by atoms with Gasteiger partial charge >= 0.3 is 0 Å². The molecule has 21 heavy (non-hydrogen) atoms. The highest BCUT2D eigenvalue weighted by Crippen LogP contribution is 2.11. The molecule has 0 saturated heterocycles. The Morgan fingerprint density at radius 1 is 1.10 bits per heavy atom. The first-order chi connectivity index (χ1) is 10.2. The van der Waals surface area contributed by atoms with Crippen LogP contribution in [0.25, 0.3) is 6.08 Å². The number of pyridine rings is 1. The number of benzene rings is 1. The van der Waals surface area contributed by atoms with E-state index in [1.54, 1.807) is 12.4 Å². The van der Waals surface area contributed by atoms with Gasteiger partial charge < -0.3 is 4.90 Å². The molecular formula is C16H17IN4. The normalized spacial score (nSPS) is 11.2. The highest BCUT2D eigenvalue weighted by atomic mass is 127. The van der Waals surface area contributed by atoms with Crippen molar-refractivity contribution >= 4 is 46.4 Å². The lowest BCUT2D eigenvalue weighted by atomic mass is 10.2. The molecule has 0 aliphatic carbocycles. The van der Waals surface area contributed by atoms with Gasteiger partial charge in [-0.15, -0.1) is 0 Å². The fraction of sp³-hybridized carbons (Fsp3) is 0.125. The van der Waals surface area contributed by atoms with Crippen LogP contribution < -0.4 is 10.3 Å². The molecule has 0 fully saturated rings. The highest BCUT2D eigenvalue weighted by molar-refractivity contribution is 14.1. The van der Waals surface area contributed by atoms with Crippen molar-refractivity contribution in [3.05, 3.63) is 57.8 Å². The van der Waals surface area contributed by atoms with Gasteiger partial charge in [-0.05, 0) is 45.6 Å². The topological polar surface area (TPSA) is 40.5 Å². The van der Waals surface area contributed by atoms with E-state index in [-0.39, 0.29) is 0 Å². The molecule has 0 atom stereocenters. The minimum absolute atomic E-state index is 0.724. The van der Waals surface area contributed by atoms with Gasteiger partial charge in [0, 0.05) is 26.0 Å². The maximum atomic E-state index is 4.28. The van der Waals surface area contributed by atoms with Crippen LogP contribution in [0.2, 0.25) is 0 Å². The van der Waals surface area contributed by atoms with Gasteiger partial charge in [-0.1, -0.05) is 34.7 Å². The van der Waals surface area contributed by atoms with Crippen molar-refractivity contribution in [3.63, 3.8) is 0 Å². The summed E-state index contributed by atoms with van der Waals surface area (Å²) < 4.78 is 1.96. The smallest absolute Gasteiger partial charge is 0.146 e. The van der Waals surface area contributed by atoms with Crippen molar-refractivity contribution < 1.29 is 0 Å². The molecule has 0 bridgehead atoms. The molecule has 1 heterocycles. The summed E-state index contributed by atoms with van der Waals surface area (Å²) in [7, 11) is 4.04. The average Bonchev–Trinajstić information content (AvgIpc) is 2.50. The molecule has 0 saturated carbocycles. The largest absolute Gasteiger partial charge is 0.378 e. The lowest BCUT2D eigenvalue weighted by Gasteiger charge is -2.11. The highest BCUT2D eigenvalue weighted by Gasteiger charge is 1.94. The van der Waals surface area contributed by atoms with Crippen LogP contribution in [0, 0.1) is 0 Å². The SMILES string of the molecule is CN(C)c1ccc(C=NNc2ccc(C=CI)cn2)cc1. The van der Waals surface area contributed by atoms with Crippen molar-refractivity contribution in [2.75, 3.05) is 24.4 Å². The molecule has 0 aliphatic heterocycles. The van der Waals surface area contributed by atoms with E-state index >= 15 is 0 Å². The van der Waals surface area contributed by atoms with Crippen LogP contribution >= 0.6 is 22.6 Å². The quantitative estimate of drug-likeness (QED) is 0.475. The molecule has 108 valence electrons. The van der Waals surface area contributed by atoms with Crippen LogP contribution in [0.5, 0.6) is 0 Å². The molecule has 2 rings (SSSR count). The van der Waals surface area contributed by atoms with E-state index < -0.39 is 0 Å². The van der Waals surface area contributed by atoms with Gasteiger partial charge in [0.2, 0.25) is 0 Å². The summed E-state index contributed by atoms with van der Waals surface area (Å²) in [4.78, 5) is 6.34. The Morgan fingerprint density at radius 3 is 2.38 bits per heavy atom. The number of anilines is 2. The molecule has 1 aromatic heterocycles. The molecule has 0 aliphatic rings. The number of halogens is 1. The Bertz CT molecular complexity index is 616. The monoisotopic (exact) mass is 392 g/mol. The number of hydrogen-bond donors (Lipinski definition) is 1. The van der Waals surface area contributed by atoms with Crippen molar-refractivity contribution in [3.8, 4) is 0 Å². The van der Waals surface area contributed by atoms with E-state index in [1.165, 1.54) is 5.69 Å². The summed E-state index contributed by atoms with van der Waals surface area (Å²) in [6.45, 7) is 0. The lowest BCUT2D eigenvalue weighted by molar-refractivity contribution is 1.13. The molecule has 1 N–H and O–H groups in total. The van der Waals surface area contributed by atoms with Crippen molar-refractivity contribution in [2.24, 2.45) is 5.10 Å². The molecule has 2 aromatic rings. The molecule has 0 spiro atoms. The minimum Gasteiger partial charge on any atom is -0.378 e. The van der Waals surface area contributed by atoms with E-state index in [0.29, 0.717) is 0 Å². The zero-order valence-electron chi connectivity index (χ0n) is 12.0. The number of nitrogens with one attached hydrogen (secondary N) is 1. The van der Waals surface area contributed by atoms with Crippen LogP contribution in [0.4, 0.5) is 11.5 Å². The summed E-state index contributed by atoms with van der Waals surface area (Å²) in [6, 6.07) is 12.1. The van der Waals surface area contributed by atoms with E-state index in [1.807, 2.05) is 48.5 Å². The van der Waals surface area contributed by atoms with Crippen LogP contribution in [-0.2, 0) is 0 Å². The van der Waals surface area contributed by atoms with Gasteiger partial charge in [0.15, 0.2) is 0 Å². The average molecular weight is 392 g/mol. The van der Waals surface area contributed by atoms with Gasteiger partial charge in [0.1, 0.15) is 5.82 Å². The summed E-state index contributed by atoms with van der Waals surface area (Å²) in [5, 5.41) is 4.19. The molecule has 0 radical (unpaired) electrons. The molecule has 1 aromatic carbocycles. The second kappa shape index (κ2) is 7.78. The number of hydrogen-bond acceptors (Lipinski definition) is 4. The third kappa shape index (κ3) is 4.86. The first kappa shape index (κ1) is 15.5. The number of aromatic nitrogens is 1. The molecule has 0 unspecified atom stereocenters. The Morgan fingerprint density at radius 2 is 1.81 bits per heavy atom. The molecule has 5 heteroatoms. The zero-order chi connectivity index (χ0) is 15.1. The number of hydrazone groups is 1. The van der Waals surface area contributed by atoms with Crippen molar-refractivity contribution in [1.29, 1.82) is 0 Å². The molecule has 0 amide bonds. The van der Waals surface area contributed by atoms with Crippen LogP contribution in [0.1, 0.15) is 11.1 Å². The summed E-state index contributed by atoms with van der Waals surface area (Å²) in [6.07, 6.45) is 5.57. The van der Waals surface area contributed by atoms with Crippen molar-refractivity contribution in [1.82, 2.24) is 4.98 Å². The lowest BCUT2D eigenvalue weighted by Crippen LogP contribution is -2.08. The zero-order valence-corrected chi connectivity index (χ0v) is 14.2. The fourth-order valence-electron chi connectivity index (χ4n) is 1.67. The van der Waals surface area contributed by atoms with Gasteiger partial charge in [0.05, 0.1) is 6.21 Å². The van der Waals surface area contributed by atoms with Crippen LogP contribution in [0.15, 0.2) is 51.8 Å². The van der Waals surface area contributed by atoms with Crippen LogP contribution in [0.3, 0.4) is 0 Å². The van der Waals surface area contributed by atoms with E-state index in [9.17, 15) is 0 Å². The number of rotatable bonds is 5. The Labute approximate surface area is 138 Å². The standard InChI is InChI=1S/C16H17IN4/c1-21(2)15-6-3-13(4-7-15)12-19-20-16-8-5-14(9-10-17)11-18-16/h3-12H,1-2H3,(H,18,20). The Balaban J connectivity index is 1.95. The maximum absolute atomic E-state index is 4.28. The maximum Gasteiger partial charge on any atom is 0.146 e. The van der Waals surface area contributed by atoms with Gasteiger partial charge in [-0.3, -0.25) is 5.43 Å². The second-order valence-electron chi connectivity index (χ2n) is 4.63. The van der Waals surface area contributed by atoms with Gasteiger partial charge in [0.25, 0.3) is 0 Å². The van der Waals surface area contributed by atoms with E-state index in [4.69, 9.17) is 0 Å².